The average molecular weight is 255 g/mol. The highest BCUT2D eigenvalue weighted by Gasteiger charge is 2.02. The second-order valence-corrected chi connectivity index (χ2v) is 3.90. The van der Waals surface area contributed by atoms with Crippen LogP contribution in [0, 0.1) is 0 Å². The van der Waals surface area contributed by atoms with Gasteiger partial charge >= 0.3 is 0 Å². The summed E-state index contributed by atoms with van der Waals surface area (Å²) in [4.78, 5) is 4.46. The van der Waals surface area contributed by atoms with E-state index in [4.69, 9.17) is 10.6 Å². The van der Waals surface area contributed by atoms with Crippen LogP contribution < -0.4 is 16.0 Å². The Morgan fingerprint density at radius 2 is 1.79 bits per heavy atom. The van der Waals surface area contributed by atoms with Crippen molar-refractivity contribution in [3.8, 4) is 5.75 Å². The standard InChI is InChI=1S/C15H17N3O/c1-2-19-14-10-8-12(9-11-14)15(18-16)17-13-6-4-3-5-7-13/h3-11H,2,16H2,1H3,(H,17,18). The highest BCUT2D eigenvalue weighted by Crippen LogP contribution is 2.15. The van der Waals surface area contributed by atoms with Crippen LogP contribution in [0.25, 0.3) is 0 Å². The summed E-state index contributed by atoms with van der Waals surface area (Å²) in [6.07, 6.45) is 0. The van der Waals surface area contributed by atoms with Gasteiger partial charge in [-0.3, -0.25) is 0 Å². The Labute approximate surface area is 112 Å². The normalized spacial score (nSPS) is 11.2. The molecule has 0 aliphatic rings. The molecule has 0 aromatic heterocycles. The Bertz CT molecular complexity index is 535. The summed E-state index contributed by atoms with van der Waals surface area (Å²) in [6, 6.07) is 17.3. The van der Waals surface area contributed by atoms with Crippen molar-refractivity contribution in [1.29, 1.82) is 0 Å². The lowest BCUT2D eigenvalue weighted by Gasteiger charge is -2.07. The van der Waals surface area contributed by atoms with Gasteiger partial charge in [0.2, 0.25) is 0 Å². The first-order valence-corrected chi connectivity index (χ1v) is 6.17. The van der Waals surface area contributed by atoms with Gasteiger partial charge in [0.25, 0.3) is 0 Å². The topological polar surface area (TPSA) is 59.6 Å². The summed E-state index contributed by atoms with van der Waals surface area (Å²) in [5.41, 5.74) is 4.39. The van der Waals surface area contributed by atoms with Gasteiger partial charge in [-0.05, 0) is 43.3 Å². The van der Waals surface area contributed by atoms with E-state index in [0.717, 1.165) is 17.0 Å². The summed E-state index contributed by atoms with van der Waals surface area (Å²) in [6.45, 7) is 2.61. The molecule has 3 N–H and O–H groups in total. The van der Waals surface area contributed by atoms with E-state index in [2.05, 4.69) is 10.4 Å². The van der Waals surface area contributed by atoms with Crippen molar-refractivity contribution in [3.63, 3.8) is 0 Å². The number of hydrazine groups is 1. The van der Waals surface area contributed by atoms with Crippen LogP contribution >= 0.6 is 0 Å². The zero-order valence-corrected chi connectivity index (χ0v) is 10.8. The number of nitrogens with two attached hydrogens (primary N) is 1. The number of aliphatic imine (C=N–C) groups is 1. The quantitative estimate of drug-likeness (QED) is 0.382. The molecule has 0 atom stereocenters. The van der Waals surface area contributed by atoms with Crippen LogP contribution in [0.1, 0.15) is 12.5 Å². The van der Waals surface area contributed by atoms with Crippen LogP contribution in [0.3, 0.4) is 0 Å². The van der Waals surface area contributed by atoms with E-state index in [1.165, 1.54) is 0 Å². The minimum Gasteiger partial charge on any atom is -0.494 e. The second-order valence-electron chi connectivity index (χ2n) is 3.90. The van der Waals surface area contributed by atoms with Crippen molar-refractivity contribution in [3.05, 3.63) is 60.2 Å². The first kappa shape index (κ1) is 13.1. The highest BCUT2D eigenvalue weighted by atomic mass is 16.5. The molecular weight excluding hydrogens is 238 g/mol. The minimum atomic E-state index is 0.620. The molecule has 0 aliphatic carbocycles. The SMILES string of the molecule is CCOc1ccc(C(=Nc2ccccc2)NN)cc1. The molecule has 0 bridgehead atoms. The molecule has 0 aliphatic heterocycles. The zero-order chi connectivity index (χ0) is 13.5. The molecule has 2 rings (SSSR count). The van der Waals surface area contributed by atoms with Crippen molar-refractivity contribution in [2.75, 3.05) is 6.61 Å². The van der Waals surface area contributed by atoms with Gasteiger partial charge in [-0.1, -0.05) is 18.2 Å². The molecule has 0 heterocycles. The van der Waals surface area contributed by atoms with E-state index in [0.29, 0.717) is 12.4 Å². The summed E-state index contributed by atoms with van der Waals surface area (Å²) in [7, 11) is 0. The van der Waals surface area contributed by atoms with Gasteiger partial charge in [0.1, 0.15) is 11.6 Å². The number of nitrogens with zero attached hydrogens (tertiary/aromatic N) is 1. The van der Waals surface area contributed by atoms with E-state index < -0.39 is 0 Å². The lowest BCUT2D eigenvalue weighted by Crippen LogP contribution is -2.30. The monoisotopic (exact) mass is 255 g/mol. The lowest BCUT2D eigenvalue weighted by molar-refractivity contribution is 0.340. The minimum absolute atomic E-state index is 0.620. The number of rotatable bonds is 4. The summed E-state index contributed by atoms with van der Waals surface area (Å²) < 4.78 is 5.40. The number of hydrogen-bond acceptors (Lipinski definition) is 3. The Morgan fingerprint density at radius 1 is 1.11 bits per heavy atom. The second kappa shape index (κ2) is 6.56. The van der Waals surface area contributed by atoms with Gasteiger partial charge in [-0.25, -0.2) is 10.8 Å². The maximum absolute atomic E-state index is 5.54. The van der Waals surface area contributed by atoms with E-state index in [-0.39, 0.29) is 0 Å². The van der Waals surface area contributed by atoms with Crippen LogP contribution in [-0.2, 0) is 0 Å². The molecule has 2 aromatic rings. The van der Waals surface area contributed by atoms with Gasteiger partial charge in [-0.2, -0.15) is 0 Å². The van der Waals surface area contributed by atoms with Crippen molar-refractivity contribution in [2.24, 2.45) is 10.8 Å². The smallest absolute Gasteiger partial charge is 0.147 e. The molecular formula is C15H17N3O. The molecule has 4 heteroatoms. The van der Waals surface area contributed by atoms with Crippen molar-refractivity contribution in [2.45, 2.75) is 6.92 Å². The van der Waals surface area contributed by atoms with E-state index in [9.17, 15) is 0 Å². The fraction of sp³-hybridized carbons (Fsp3) is 0.133. The third-order valence-electron chi connectivity index (χ3n) is 2.57. The molecule has 0 saturated carbocycles. The third-order valence-corrected chi connectivity index (χ3v) is 2.57. The Morgan fingerprint density at radius 3 is 2.37 bits per heavy atom. The predicted molar refractivity (Wildman–Crippen MR) is 77.6 cm³/mol. The summed E-state index contributed by atoms with van der Waals surface area (Å²) in [5, 5.41) is 0. The first-order valence-electron chi connectivity index (χ1n) is 6.17. The maximum atomic E-state index is 5.54. The predicted octanol–water partition coefficient (Wildman–Crippen LogP) is 2.63. The Hall–Kier alpha value is -2.33. The van der Waals surface area contributed by atoms with Gasteiger partial charge in [0.15, 0.2) is 0 Å². The highest BCUT2D eigenvalue weighted by molar-refractivity contribution is 5.99. The van der Waals surface area contributed by atoms with Crippen molar-refractivity contribution >= 4 is 11.5 Å². The van der Waals surface area contributed by atoms with E-state index in [1.54, 1.807) is 0 Å². The molecule has 0 fully saturated rings. The zero-order valence-electron chi connectivity index (χ0n) is 10.8. The van der Waals surface area contributed by atoms with Gasteiger partial charge in [0, 0.05) is 5.56 Å². The molecule has 0 amide bonds. The summed E-state index contributed by atoms with van der Waals surface area (Å²) >= 11 is 0. The largest absolute Gasteiger partial charge is 0.494 e. The number of nitrogens with one attached hydrogen (secondary N) is 1. The van der Waals surface area contributed by atoms with Crippen LogP contribution in [0.2, 0.25) is 0 Å². The van der Waals surface area contributed by atoms with Crippen LogP contribution in [0.4, 0.5) is 5.69 Å². The van der Waals surface area contributed by atoms with Gasteiger partial charge in [0.05, 0.1) is 12.3 Å². The number of hydrogen-bond donors (Lipinski definition) is 2. The Kier molecular flexibility index (Phi) is 4.53. The van der Waals surface area contributed by atoms with Crippen molar-refractivity contribution in [1.82, 2.24) is 5.43 Å². The molecule has 2 aromatic carbocycles. The molecule has 0 unspecified atom stereocenters. The fourth-order valence-electron chi connectivity index (χ4n) is 1.69. The molecule has 4 nitrogen and oxygen atoms in total. The fourth-order valence-corrected chi connectivity index (χ4v) is 1.69. The molecule has 19 heavy (non-hydrogen) atoms. The maximum Gasteiger partial charge on any atom is 0.147 e. The number of para-hydroxylation sites is 1. The average Bonchev–Trinajstić information content (AvgIpc) is 2.47. The van der Waals surface area contributed by atoms with Crippen LogP contribution in [0.15, 0.2) is 59.6 Å². The molecule has 98 valence electrons. The molecule has 0 radical (unpaired) electrons. The third kappa shape index (κ3) is 3.56. The van der Waals surface area contributed by atoms with Crippen LogP contribution in [-0.4, -0.2) is 12.4 Å². The number of benzene rings is 2. The molecule has 0 spiro atoms. The number of amidine groups is 1. The van der Waals surface area contributed by atoms with Crippen LogP contribution in [0.5, 0.6) is 5.75 Å². The summed E-state index contributed by atoms with van der Waals surface area (Å²) in [5.74, 6) is 6.99. The lowest BCUT2D eigenvalue weighted by atomic mass is 10.2. The first-order chi connectivity index (χ1) is 9.33. The number of ether oxygens (including phenoxy) is 1. The van der Waals surface area contributed by atoms with Gasteiger partial charge in [-0.15, -0.1) is 0 Å². The van der Waals surface area contributed by atoms with Crippen molar-refractivity contribution < 1.29 is 4.74 Å². The molecule has 0 saturated heterocycles. The van der Waals surface area contributed by atoms with E-state index >= 15 is 0 Å². The van der Waals surface area contributed by atoms with E-state index in [1.807, 2.05) is 61.5 Å². The Balaban J connectivity index is 2.24. The van der Waals surface area contributed by atoms with Gasteiger partial charge < -0.3 is 10.2 Å².